The standard InChI is InChI=1S/C13H19NO3/c1-10-3-4-11(15-2)7-13(10)14-8-12-5-6-16-9-17-12/h3-4,7,12,14H,5-6,8-9H2,1-2H3. The van der Waals surface area contributed by atoms with Crippen LogP contribution in [-0.2, 0) is 9.47 Å². The molecule has 0 spiro atoms. The molecule has 1 aromatic rings. The lowest BCUT2D eigenvalue weighted by atomic mass is 10.1. The summed E-state index contributed by atoms with van der Waals surface area (Å²) in [4.78, 5) is 0. The minimum Gasteiger partial charge on any atom is -0.497 e. The third-order valence-corrected chi connectivity index (χ3v) is 2.94. The Morgan fingerprint density at radius 3 is 3.06 bits per heavy atom. The first-order chi connectivity index (χ1) is 8.29. The van der Waals surface area contributed by atoms with Crippen molar-refractivity contribution >= 4 is 5.69 Å². The van der Waals surface area contributed by atoms with Crippen LogP contribution in [0.1, 0.15) is 12.0 Å². The van der Waals surface area contributed by atoms with Crippen molar-refractivity contribution in [2.75, 3.05) is 32.4 Å². The first-order valence-corrected chi connectivity index (χ1v) is 5.87. The molecule has 94 valence electrons. The normalized spacial score (nSPS) is 20.0. The van der Waals surface area contributed by atoms with Gasteiger partial charge in [-0.2, -0.15) is 0 Å². The lowest BCUT2D eigenvalue weighted by molar-refractivity contribution is -0.133. The Balaban J connectivity index is 1.92. The second kappa shape index (κ2) is 5.89. The van der Waals surface area contributed by atoms with E-state index in [-0.39, 0.29) is 6.10 Å². The number of anilines is 1. The second-order valence-corrected chi connectivity index (χ2v) is 4.17. The van der Waals surface area contributed by atoms with Crippen molar-refractivity contribution < 1.29 is 14.2 Å². The van der Waals surface area contributed by atoms with E-state index in [1.807, 2.05) is 18.2 Å². The summed E-state index contributed by atoms with van der Waals surface area (Å²) in [6, 6.07) is 6.02. The third kappa shape index (κ3) is 3.35. The Labute approximate surface area is 102 Å². The topological polar surface area (TPSA) is 39.7 Å². The molecule has 4 nitrogen and oxygen atoms in total. The maximum Gasteiger partial charge on any atom is 0.147 e. The van der Waals surface area contributed by atoms with E-state index < -0.39 is 0 Å². The van der Waals surface area contributed by atoms with Crippen LogP contribution in [0, 0.1) is 6.92 Å². The minimum atomic E-state index is 0.231. The van der Waals surface area contributed by atoms with E-state index in [0.717, 1.165) is 31.0 Å². The predicted molar refractivity (Wildman–Crippen MR) is 66.5 cm³/mol. The average molecular weight is 237 g/mol. The quantitative estimate of drug-likeness (QED) is 0.871. The Bertz CT molecular complexity index is 362. The van der Waals surface area contributed by atoms with Gasteiger partial charge in [0.05, 0.1) is 19.8 Å². The molecule has 1 aliphatic rings. The summed E-state index contributed by atoms with van der Waals surface area (Å²) in [5.41, 5.74) is 2.30. The van der Waals surface area contributed by atoms with Gasteiger partial charge in [-0.15, -0.1) is 0 Å². The summed E-state index contributed by atoms with van der Waals surface area (Å²) in [5.74, 6) is 0.867. The number of benzene rings is 1. The van der Waals surface area contributed by atoms with Gasteiger partial charge in [0, 0.05) is 18.3 Å². The summed E-state index contributed by atoms with van der Waals surface area (Å²) < 4.78 is 15.8. The second-order valence-electron chi connectivity index (χ2n) is 4.17. The molecule has 1 unspecified atom stereocenters. The summed E-state index contributed by atoms with van der Waals surface area (Å²) >= 11 is 0. The van der Waals surface area contributed by atoms with Gasteiger partial charge in [0.2, 0.25) is 0 Å². The van der Waals surface area contributed by atoms with Crippen molar-refractivity contribution in [1.29, 1.82) is 0 Å². The Morgan fingerprint density at radius 2 is 2.35 bits per heavy atom. The molecule has 0 saturated carbocycles. The Hall–Kier alpha value is -1.26. The van der Waals surface area contributed by atoms with Gasteiger partial charge >= 0.3 is 0 Å². The number of ether oxygens (including phenoxy) is 3. The van der Waals surface area contributed by atoms with Crippen molar-refractivity contribution in [3.05, 3.63) is 23.8 Å². The van der Waals surface area contributed by atoms with Crippen molar-refractivity contribution in [3.63, 3.8) is 0 Å². The van der Waals surface area contributed by atoms with Crippen LogP contribution in [0.3, 0.4) is 0 Å². The molecule has 1 atom stereocenters. The van der Waals surface area contributed by atoms with E-state index in [1.165, 1.54) is 5.56 Å². The third-order valence-electron chi connectivity index (χ3n) is 2.94. The zero-order valence-corrected chi connectivity index (χ0v) is 10.4. The lowest BCUT2D eigenvalue weighted by Gasteiger charge is -2.23. The summed E-state index contributed by atoms with van der Waals surface area (Å²) in [7, 11) is 1.68. The van der Waals surface area contributed by atoms with Gasteiger partial charge in [0.15, 0.2) is 0 Å². The van der Waals surface area contributed by atoms with E-state index in [2.05, 4.69) is 12.2 Å². The van der Waals surface area contributed by atoms with Crippen LogP contribution in [0.15, 0.2) is 18.2 Å². The van der Waals surface area contributed by atoms with Gasteiger partial charge in [-0.1, -0.05) is 6.07 Å². The van der Waals surface area contributed by atoms with Gasteiger partial charge in [0.25, 0.3) is 0 Å². The molecule has 1 aliphatic heterocycles. The number of rotatable bonds is 4. The van der Waals surface area contributed by atoms with Gasteiger partial charge in [0.1, 0.15) is 12.5 Å². The van der Waals surface area contributed by atoms with Crippen molar-refractivity contribution in [2.45, 2.75) is 19.4 Å². The minimum absolute atomic E-state index is 0.231. The van der Waals surface area contributed by atoms with Crippen LogP contribution in [-0.4, -0.2) is 33.2 Å². The molecule has 17 heavy (non-hydrogen) atoms. The van der Waals surface area contributed by atoms with Crippen LogP contribution in [0.4, 0.5) is 5.69 Å². The van der Waals surface area contributed by atoms with E-state index in [0.29, 0.717) is 6.79 Å². The van der Waals surface area contributed by atoms with Crippen molar-refractivity contribution in [3.8, 4) is 5.75 Å². The predicted octanol–water partition coefficient (Wildman–Crippen LogP) is 2.18. The van der Waals surface area contributed by atoms with Crippen molar-refractivity contribution in [1.82, 2.24) is 0 Å². The first-order valence-electron chi connectivity index (χ1n) is 5.87. The maximum atomic E-state index is 5.48. The van der Waals surface area contributed by atoms with Crippen LogP contribution in [0.2, 0.25) is 0 Å². The lowest BCUT2D eigenvalue weighted by Crippen LogP contribution is -2.30. The molecule has 1 saturated heterocycles. The molecule has 0 amide bonds. The molecule has 1 aromatic carbocycles. The number of hydrogen-bond donors (Lipinski definition) is 1. The number of aryl methyl sites for hydroxylation is 1. The van der Waals surface area contributed by atoms with E-state index in [9.17, 15) is 0 Å². The van der Waals surface area contributed by atoms with Crippen LogP contribution in [0.5, 0.6) is 5.75 Å². The van der Waals surface area contributed by atoms with Crippen LogP contribution in [0.25, 0.3) is 0 Å². The largest absolute Gasteiger partial charge is 0.497 e. The van der Waals surface area contributed by atoms with Crippen molar-refractivity contribution in [2.24, 2.45) is 0 Å². The van der Waals surface area contributed by atoms with Gasteiger partial charge in [-0.25, -0.2) is 0 Å². The van der Waals surface area contributed by atoms with Gasteiger partial charge < -0.3 is 19.5 Å². The monoisotopic (exact) mass is 237 g/mol. The fourth-order valence-corrected chi connectivity index (χ4v) is 1.80. The highest BCUT2D eigenvalue weighted by molar-refractivity contribution is 5.54. The van der Waals surface area contributed by atoms with E-state index >= 15 is 0 Å². The van der Waals surface area contributed by atoms with E-state index in [4.69, 9.17) is 14.2 Å². The van der Waals surface area contributed by atoms with Gasteiger partial charge in [-0.05, 0) is 25.0 Å². The molecule has 1 heterocycles. The first kappa shape index (κ1) is 12.2. The zero-order chi connectivity index (χ0) is 12.1. The number of methoxy groups -OCH3 is 1. The summed E-state index contributed by atoms with van der Waals surface area (Å²) in [6.45, 7) is 4.07. The number of hydrogen-bond acceptors (Lipinski definition) is 4. The van der Waals surface area contributed by atoms with E-state index in [1.54, 1.807) is 7.11 Å². The molecule has 0 radical (unpaired) electrons. The molecule has 2 rings (SSSR count). The molecule has 1 N–H and O–H groups in total. The number of nitrogens with one attached hydrogen (secondary N) is 1. The maximum absolute atomic E-state index is 5.48. The fraction of sp³-hybridized carbons (Fsp3) is 0.538. The average Bonchev–Trinajstić information content (AvgIpc) is 2.39. The highest BCUT2D eigenvalue weighted by Crippen LogP contribution is 2.22. The summed E-state index contributed by atoms with van der Waals surface area (Å²) in [6.07, 6.45) is 1.17. The zero-order valence-electron chi connectivity index (χ0n) is 10.4. The fourth-order valence-electron chi connectivity index (χ4n) is 1.80. The highest BCUT2D eigenvalue weighted by Gasteiger charge is 2.14. The molecule has 0 bridgehead atoms. The smallest absolute Gasteiger partial charge is 0.147 e. The summed E-state index contributed by atoms with van der Waals surface area (Å²) in [5, 5.41) is 3.40. The SMILES string of the molecule is COc1ccc(C)c(NCC2CCOCO2)c1. The van der Waals surface area contributed by atoms with Gasteiger partial charge in [-0.3, -0.25) is 0 Å². The Kier molecular flexibility index (Phi) is 4.23. The molecule has 0 aliphatic carbocycles. The molecule has 1 fully saturated rings. The molecule has 0 aromatic heterocycles. The van der Waals surface area contributed by atoms with Crippen LogP contribution < -0.4 is 10.1 Å². The highest BCUT2D eigenvalue weighted by atomic mass is 16.7. The van der Waals surface area contributed by atoms with Crippen LogP contribution >= 0.6 is 0 Å². The molecular weight excluding hydrogens is 218 g/mol. The Morgan fingerprint density at radius 1 is 1.47 bits per heavy atom. The molecule has 4 heteroatoms. The molecular formula is C13H19NO3.